The third kappa shape index (κ3) is 1.03. The van der Waals surface area contributed by atoms with Crippen molar-refractivity contribution in [1.29, 1.82) is 0 Å². The highest BCUT2D eigenvalue weighted by atomic mass is 16.6. The summed E-state index contributed by atoms with van der Waals surface area (Å²) in [5.41, 5.74) is 0. The standard InChI is InChI=1S/C8H12O4/c9-3-5-4-1-8(11)12-7(4)2-6(5)10/h4-7,9-10H,1-3H2/t4?,5-,6-,7+/m0/s1. The van der Waals surface area contributed by atoms with Crippen molar-refractivity contribution in [2.24, 2.45) is 11.8 Å². The van der Waals surface area contributed by atoms with Gasteiger partial charge in [0.2, 0.25) is 0 Å². The molecule has 1 heterocycles. The highest BCUT2D eigenvalue weighted by Crippen LogP contribution is 2.40. The van der Waals surface area contributed by atoms with Crippen LogP contribution in [0, 0.1) is 11.8 Å². The maximum atomic E-state index is 10.8. The number of carbonyl (C=O) groups is 1. The summed E-state index contributed by atoms with van der Waals surface area (Å²) in [6.45, 7) is -0.0566. The summed E-state index contributed by atoms with van der Waals surface area (Å²) >= 11 is 0. The van der Waals surface area contributed by atoms with Gasteiger partial charge in [-0.25, -0.2) is 0 Å². The summed E-state index contributed by atoms with van der Waals surface area (Å²) in [7, 11) is 0. The maximum absolute atomic E-state index is 10.8. The Hall–Kier alpha value is -0.610. The van der Waals surface area contributed by atoms with Crippen LogP contribution in [0.4, 0.5) is 0 Å². The van der Waals surface area contributed by atoms with Gasteiger partial charge in [0.05, 0.1) is 12.5 Å². The highest BCUT2D eigenvalue weighted by molar-refractivity contribution is 5.72. The van der Waals surface area contributed by atoms with Gasteiger partial charge in [-0.3, -0.25) is 4.79 Å². The number of rotatable bonds is 1. The molecule has 1 aliphatic heterocycles. The van der Waals surface area contributed by atoms with Crippen LogP contribution in [0.3, 0.4) is 0 Å². The van der Waals surface area contributed by atoms with E-state index in [1.807, 2.05) is 0 Å². The molecule has 0 bridgehead atoms. The number of esters is 1. The molecule has 4 heteroatoms. The summed E-state index contributed by atoms with van der Waals surface area (Å²) in [5, 5.41) is 18.4. The predicted octanol–water partition coefficient (Wildman–Crippen LogP) is -0.709. The van der Waals surface area contributed by atoms with Crippen molar-refractivity contribution >= 4 is 5.97 Å². The van der Waals surface area contributed by atoms with E-state index in [9.17, 15) is 9.90 Å². The van der Waals surface area contributed by atoms with Crippen LogP contribution in [0.5, 0.6) is 0 Å². The molecule has 0 aromatic carbocycles. The van der Waals surface area contributed by atoms with Gasteiger partial charge in [-0.2, -0.15) is 0 Å². The molecule has 1 saturated carbocycles. The summed E-state index contributed by atoms with van der Waals surface area (Å²) < 4.78 is 4.98. The van der Waals surface area contributed by atoms with Crippen LogP contribution < -0.4 is 0 Å². The lowest BCUT2D eigenvalue weighted by Crippen LogP contribution is -2.23. The molecular weight excluding hydrogens is 160 g/mol. The Labute approximate surface area is 70.1 Å². The minimum absolute atomic E-state index is 0.0394. The molecule has 4 nitrogen and oxygen atoms in total. The lowest BCUT2D eigenvalue weighted by Gasteiger charge is -2.14. The zero-order valence-electron chi connectivity index (χ0n) is 6.64. The molecule has 4 atom stereocenters. The number of hydrogen-bond acceptors (Lipinski definition) is 4. The van der Waals surface area contributed by atoms with Gasteiger partial charge in [0.1, 0.15) is 6.10 Å². The Balaban J connectivity index is 2.11. The Morgan fingerprint density at radius 1 is 1.58 bits per heavy atom. The van der Waals surface area contributed by atoms with Crippen LogP contribution in [0.25, 0.3) is 0 Å². The fourth-order valence-corrected chi connectivity index (χ4v) is 2.23. The van der Waals surface area contributed by atoms with Crippen LogP contribution >= 0.6 is 0 Å². The first kappa shape index (κ1) is 8.01. The SMILES string of the molecule is O=C1CC2[C@@H](C[C@H](O)[C@H]2CO)O1. The van der Waals surface area contributed by atoms with Gasteiger partial charge >= 0.3 is 5.97 Å². The van der Waals surface area contributed by atoms with E-state index in [-0.39, 0.29) is 30.5 Å². The lowest BCUT2D eigenvalue weighted by atomic mass is 9.93. The van der Waals surface area contributed by atoms with Crippen molar-refractivity contribution in [3.05, 3.63) is 0 Å². The van der Waals surface area contributed by atoms with Gasteiger partial charge < -0.3 is 14.9 Å². The largest absolute Gasteiger partial charge is 0.462 e. The topological polar surface area (TPSA) is 66.8 Å². The molecule has 2 N–H and O–H groups in total. The average Bonchev–Trinajstić information content (AvgIpc) is 2.43. The van der Waals surface area contributed by atoms with Crippen LogP contribution in [0.15, 0.2) is 0 Å². The Morgan fingerprint density at radius 3 is 3.00 bits per heavy atom. The van der Waals surface area contributed by atoms with E-state index >= 15 is 0 Å². The van der Waals surface area contributed by atoms with E-state index in [1.165, 1.54) is 0 Å². The normalized spacial score (nSPS) is 46.0. The first-order valence-electron chi connectivity index (χ1n) is 4.20. The van der Waals surface area contributed by atoms with Gasteiger partial charge in [0.15, 0.2) is 0 Å². The van der Waals surface area contributed by atoms with E-state index in [1.54, 1.807) is 0 Å². The molecule has 2 rings (SSSR count). The van der Waals surface area contributed by atoms with Crippen molar-refractivity contribution in [3.8, 4) is 0 Å². The molecule has 2 fully saturated rings. The molecule has 1 unspecified atom stereocenters. The third-order valence-corrected chi connectivity index (χ3v) is 2.89. The van der Waals surface area contributed by atoms with E-state index in [0.717, 1.165) is 0 Å². The fourth-order valence-electron chi connectivity index (χ4n) is 2.23. The van der Waals surface area contributed by atoms with E-state index < -0.39 is 6.10 Å². The molecule has 2 aliphatic rings. The lowest BCUT2D eigenvalue weighted by molar-refractivity contribution is -0.141. The molecule has 0 aromatic rings. The zero-order valence-corrected chi connectivity index (χ0v) is 6.64. The van der Waals surface area contributed by atoms with Crippen molar-refractivity contribution in [1.82, 2.24) is 0 Å². The summed E-state index contributed by atoms with van der Waals surface area (Å²) in [5.74, 6) is -0.325. The van der Waals surface area contributed by atoms with Gasteiger partial charge in [-0.1, -0.05) is 0 Å². The van der Waals surface area contributed by atoms with Crippen molar-refractivity contribution in [2.45, 2.75) is 25.0 Å². The Bertz CT molecular complexity index is 203. The minimum atomic E-state index is -0.502. The highest BCUT2D eigenvalue weighted by Gasteiger charge is 2.49. The number of carbonyl (C=O) groups excluding carboxylic acids is 1. The molecule has 1 aliphatic carbocycles. The fraction of sp³-hybridized carbons (Fsp3) is 0.875. The summed E-state index contributed by atoms with van der Waals surface area (Å²) in [6, 6.07) is 0. The quantitative estimate of drug-likeness (QED) is 0.513. The second-order valence-electron chi connectivity index (χ2n) is 3.55. The number of ether oxygens (including phenoxy) is 1. The monoisotopic (exact) mass is 172 g/mol. The molecule has 0 spiro atoms. The molecule has 0 amide bonds. The molecule has 1 saturated heterocycles. The van der Waals surface area contributed by atoms with E-state index in [0.29, 0.717) is 12.8 Å². The number of hydrogen-bond donors (Lipinski definition) is 2. The summed E-state index contributed by atoms with van der Waals surface area (Å²) in [4.78, 5) is 10.8. The zero-order chi connectivity index (χ0) is 8.72. The Morgan fingerprint density at radius 2 is 2.33 bits per heavy atom. The van der Waals surface area contributed by atoms with Crippen LogP contribution in [0.1, 0.15) is 12.8 Å². The average molecular weight is 172 g/mol. The maximum Gasteiger partial charge on any atom is 0.306 e. The third-order valence-electron chi connectivity index (χ3n) is 2.89. The molecule has 0 aromatic heterocycles. The minimum Gasteiger partial charge on any atom is -0.462 e. The molecular formula is C8H12O4. The first-order valence-corrected chi connectivity index (χ1v) is 4.20. The first-order chi connectivity index (χ1) is 5.72. The van der Waals surface area contributed by atoms with Crippen molar-refractivity contribution in [3.63, 3.8) is 0 Å². The Kier molecular flexibility index (Phi) is 1.81. The van der Waals surface area contributed by atoms with E-state index in [2.05, 4.69) is 0 Å². The smallest absolute Gasteiger partial charge is 0.306 e. The molecule has 12 heavy (non-hydrogen) atoms. The van der Waals surface area contributed by atoms with E-state index in [4.69, 9.17) is 9.84 Å². The van der Waals surface area contributed by atoms with Crippen molar-refractivity contribution in [2.75, 3.05) is 6.61 Å². The van der Waals surface area contributed by atoms with Crippen LogP contribution in [0.2, 0.25) is 0 Å². The van der Waals surface area contributed by atoms with Gasteiger partial charge in [-0.15, -0.1) is 0 Å². The number of aliphatic hydroxyl groups excluding tert-OH is 2. The molecule has 0 radical (unpaired) electrons. The van der Waals surface area contributed by atoms with Crippen molar-refractivity contribution < 1.29 is 19.7 Å². The number of fused-ring (bicyclic) bond motifs is 1. The van der Waals surface area contributed by atoms with Crippen LogP contribution in [-0.2, 0) is 9.53 Å². The van der Waals surface area contributed by atoms with Gasteiger partial charge in [0, 0.05) is 24.9 Å². The van der Waals surface area contributed by atoms with Crippen LogP contribution in [-0.4, -0.2) is 35.0 Å². The van der Waals surface area contributed by atoms with Gasteiger partial charge in [-0.05, 0) is 0 Å². The predicted molar refractivity (Wildman–Crippen MR) is 39.2 cm³/mol. The second kappa shape index (κ2) is 2.71. The second-order valence-corrected chi connectivity index (χ2v) is 3.55. The van der Waals surface area contributed by atoms with Gasteiger partial charge in [0.25, 0.3) is 0 Å². The number of aliphatic hydroxyl groups is 2. The molecule has 68 valence electrons. The summed E-state index contributed by atoms with van der Waals surface area (Å²) in [6.07, 6.45) is 0.192.